The molecule has 0 amide bonds. The molecule has 0 radical (unpaired) electrons. The predicted molar refractivity (Wildman–Crippen MR) is 78.7 cm³/mol. The van der Waals surface area contributed by atoms with Crippen LogP contribution in [0, 0.1) is 6.92 Å². The topological polar surface area (TPSA) is 27.3 Å². The van der Waals surface area contributed by atoms with E-state index in [4.69, 9.17) is 12.2 Å². The molecule has 0 aliphatic rings. The summed E-state index contributed by atoms with van der Waals surface area (Å²) in [5.41, 5.74) is 2.56. The van der Waals surface area contributed by atoms with Gasteiger partial charge in [0.2, 0.25) is 0 Å². The van der Waals surface area contributed by atoms with Gasteiger partial charge in [-0.2, -0.15) is 0 Å². The van der Waals surface area contributed by atoms with Crippen LogP contribution in [0.3, 0.4) is 0 Å². The van der Waals surface area contributed by atoms with Gasteiger partial charge < -0.3 is 15.5 Å². The summed E-state index contributed by atoms with van der Waals surface area (Å²) >= 11 is 5.04. The standard InChI is InChI=1S/C13H21N3S/c1-4-16(9-8-15-13(17)14-3)12-7-5-6-11(2)10-12/h5-7,10H,4,8-9H2,1-3H3,(H2,14,15,17). The van der Waals surface area contributed by atoms with Crippen molar-refractivity contribution in [1.29, 1.82) is 0 Å². The van der Waals surface area contributed by atoms with Gasteiger partial charge in [-0.05, 0) is 43.8 Å². The molecular weight excluding hydrogens is 230 g/mol. The molecule has 0 fully saturated rings. The van der Waals surface area contributed by atoms with Crippen molar-refractivity contribution < 1.29 is 0 Å². The van der Waals surface area contributed by atoms with Crippen LogP contribution >= 0.6 is 12.2 Å². The zero-order valence-corrected chi connectivity index (χ0v) is 11.6. The number of benzene rings is 1. The molecule has 4 heteroatoms. The van der Waals surface area contributed by atoms with E-state index >= 15 is 0 Å². The molecule has 0 spiro atoms. The molecule has 0 atom stereocenters. The molecule has 1 rings (SSSR count). The zero-order valence-electron chi connectivity index (χ0n) is 10.8. The number of likely N-dealkylation sites (N-methyl/N-ethyl adjacent to an activating group) is 1. The van der Waals surface area contributed by atoms with Crippen molar-refractivity contribution in [2.75, 3.05) is 31.6 Å². The Morgan fingerprint density at radius 3 is 2.76 bits per heavy atom. The second-order valence-corrected chi connectivity index (χ2v) is 4.33. The fourth-order valence-electron chi connectivity index (χ4n) is 1.69. The highest BCUT2D eigenvalue weighted by Crippen LogP contribution is 2.14. The minimum absolute atomic E-state index is 0.699. The maximum absolute atomic E-state index is 5.04. The predicted octanol–water partition coefficient (Wildman–Crippen LogP) is 1.92. The summed E-state index contributed by atoms with van der Waals surface area (Å²) < 4.78 is 0. The van der Waals surface area contributed by atoms with Crippen LogP contribution in [-0.4, -0.2) is 31.8 Å². The molecule has 17 heavy (non-hydrogen) atoms. The summed E-state index contributed by atoms with van der Waals surface area (Å²) in [6.07, 6.45) is 0. The Morgan fingerprint density at radius 2 is 2.18 bits per heavy atom. The molecule has 0 saturated carbocycles. The van der Waals surface area contributed by atoms with Crippen LogP contribution in [0.25, 0.3) is 0 Å². The fraction of sp³-hybridized carbons (Fsp3) is 0.462. The highest BCUT2D eigenvalue weighted by Gasteiger charge is 2.03. The van der Waals surface area contributed by atoms with Crippen LogP contribution in [-0.2, 0) is 0 Å². The first-order chi connectivity index (χ1) is 8.17. The Balaban J connectivity index is 2.51. The van der Waals surface area contributed by atoms with Crippen LogP contribution in [0.4, 0.5) is 5.69 Å². The molecule has 0 aliphatic heterocycles. The first kappa shape index (κ1) is 13.8. The Kier molecular flexibility index (Phi) is 5.77. The van der Waals surface area contributed by atoms with Gasteiger partial charge in [-0.25, -0.2) is 0 Å². The van der Waals surface area contributed by atoms with E-state index in [9.17, 15) is 0 Å². The number of aryl methyl sites for hydroxylation is 1. The zero-order chi connectivity index (χ0) is 12.7. The highest BCUT2D eigenvalue weighted by molar-refractivity contribution is 7.80. The minimum atomic E-state index is 0.699. The van der Waals surface area contributed by atoms with Gasteiger partial charge in [-0.1, -0.05) is 12.1 Å². The van der Waals surface area contributed by atoms with Crippen molar-refractivity contribution in [3.63, 3.8) is 0 Å². The normalized spacial score (nSPS) is 9.82. The molecule has 0 aromatic heterocycles. The third kappa shape index (κ3) is 4.61. The second kappa shape index (κ2) is 7.12. The van der Waals surface area contributed by atoms with Crippen molar-refractivity contribution in [3.8, 4) is 0 Å². The molecular formula is C13H21N3S. The lowest BCUT2D eigenvalue weighted by atomic mass is 10.2. The molecule has 94 valence electrons. The fourth-order valence-corrected chi connectivity index (χ4v) is 1.79. The lowest BCUT2D eigenvalue weighted by Gasteiger charge is -2.24. The van der Waals surface area contributed by atoms with Crippen LogP contribution in [0.1, 0.15) is 12.5 Å². The van der Waals surface area contributed by atoms with Crippen molar-refractivity contribution >= 4 is 23.0 Å². The smallest absolute Gasteiger partial charge is 0.166 e. The van der Waals surface area contributed by atoms with Gasteiger partial charge in [0.15, 0.2) is 5.11 Å². The minimum Gasteiger partial charge on any atom is -0.370 e. The van der Waals surface area contributed by atoms with E-state index < -0.39 is 0 Å². The van der Waals surface area contributed by atoms with Crippen LogP contribution in [0.5, 0.6) is 0 Å². The number of thiocarbonyl (C=S) groups is 1. The Bertz CT molecular complexity index is 365. The third-order valence-corrected chi connectivity index (χ3v) is 2.99. The number of hydrogen-bond acceptors (Lipinski definition) is 2. The van der Waals surface area contributed by atoms with Crippen LogP contribution < -0.4 is 15.5 Å². The molecule has 0 bridgehead atoms. The molecule has 2 N–H and O–H groups in total. The van der Waals surface area contributed by atoms with Gasteiger partial charge in [-0.3, -0.25) is 0 Å². The molecule has 1 aromatic rings. The average molecular weight is 251 g/mol. The maximum atomic E-state index is 5.04. The maximum Gasteiger partial charge on any atom is 0.166 e. The van der Waals surface area contributed by atoms with Crippen molar-refractivity contribution in [2.24, 2.45) is 0 Å². The summed E-state index contributed by atoms with van der Waals surface area (Å²) in [5, 5.41) is 6.77. The number of hydrogen-bond donors (Lipinski definition) is 2. The number of rotatable bonds is 5. The van der Waals surface area contributed by atoms with Gasteiger partial charge >= 0.3 is 0 Å². The summed E-state index contributed by atoms with van der Waals surface area (Å²) in [6.45, 7) is 7.07. The largest absolute Gasteiger partial charge is 0.370 e. The van der Waals surface area contributed by atoms with Gasteiger partial charge in [-0.15, -0.1) is 0 Å². The Labute approximate surface area is 109 Å². The molecule has 0 unspecified atom stereocenters. The second-order valence-electron chi connectivity index (χ2n) is 3.92. The van der Waals surface area contributed by atoms with Gasteiger partial charge in [0, 0.05) is 32.4 Å². The van der Waals surface area contributed by atoms with Crippen LogP contribution in [0.15, 0.2) is 24.3 Å². The molecule has 0 saturated heterocycles. The molecule has 0 heterocycles. The van der Waals surface area contributed by atoms with E-state index in [0.717, 1.165) is 19.6 Å². The monoisotopic (exact) mass is 251 g/mol. The quantitative estimate of drug-likeness (QED) is 0.782. The van der Waals surface area contributed by atoms with Gasteiger partial charge in [0.25, 0.3) is 0 Å². The van der Waals surface area contributed by atoms with E-state index in [0.29, 0.717) is 5.11 Å². The van der Waals surface area contributed by atoms with E-state index in [1.165, 1.54) is 11.3 Å². The van der Waals surface area contributed by atoms with Gasteiger partial charge in [0.05, 0.1) is 0 Å². The number of anilines is 1. The van der Waals surface area contributed by atoms with Crippen LogP contribution in [0.2, 0.25) is 0 Å². The van der Waals surface area contributed by atoms with E-state index in [1.54, 1.807) is 0 Å². The Morgan fingerprint density at radius 1 is 1.41 bits per heavy atom. The summed E-state index contributed by atoms with van der Waals surface area (Å²) in [5.74, 6) is 0. The SMILES string of the molecule is CCN(CCNC(=S)NC)c1cccc(C)c1. The average Bonchev–Trinajstić information content (AvgIpc) is 2.34. The highest BCUT2D eigenvalue weighted by atomic mass is 32.1. The molecule has 1 aromatic carbocycles. The van der Waals surface area contributed by atoms with E-state index in [2.05, 4.69) is 53.6 Å². The number of nitrogens with zero attached hydrogens (tertiary/aromatic N) is 1. The summed E-state index contributed by atoms with van der Waals surface area (Å²) in [7, 11) is 1.83. The number of nitrogens with one attached hydrogen (secondary N) is 2. The lowest BCUT2D eigenvalue weighted by molar-refractivity contribution is 0.771. The third-order valence-electron chi connectivity index (χ3n) is 2.64. The van der Waals surface area contributed by atoms with Crippen molar-refractivity contribution in [1.82, 2.24) is 10.6 Å². The van der Waals surface area contributed by atoms with E-state index in [-0.39, 0.29) is 0 Å². The molecule has 0 aliphatic carbocycles. The first-order valence-corrected chi connectivity index (χ1v) is 6.35. The van der Waals surface area contributed by atoms with Gasteiger partial charge in [0.1, 0.15) is 0 Å². The van der Waals surface area contributed by atoms with Crippen molar-refractivity contribution in [3.05, 3.63) is 29.8 Å². The Hall–Kier alpha value is -1.29. The van der Waals surface area contributed by atoms with Crippen molar-refractivity contribution in [2.45, 2.75) is 13.8 Å². The van der Waals surface area contributed by atoms with E-state index in [1.807, 2.05) is 7.05 Å². The first-order valence-electron chi connectivity index (χ1n) is 5.94. The summed E-state index contributed by atoms with van der Waals surface area (Å²) in [4.78, 5) is 2.33. The molecule has 3 nitrogen and oxygen atoms in total. The summed E-state index contributed by atoms with van der Waals surface area (Å²) in [6, 6.07) is 8.57. The lowest BCUT2D eigenvalue weighted by Crippen LogP contribution is -2.38.